The number of halogens is 6. The van der Waals surface area contributed by atoms with Gasteiger partial charge in [0.25, 0.3) is 0 Å². The van der Waals surface area contributed by atoms with Crippen molar-refractivity contribution < 1.29 is 45.3 Å². The molecule has 0 N–H and O–H groups in total. The second kappa shape index (κ2) is 12.0. The summed E-state index contributed by atoms with van der Waals surface area (Å²) in [5.74, 6) is -11.9. The van der Waals surface area contributed by atoms with Gasteiger partial charge in [-0.25, -0.2) is 8.78 Å². The molecule has 0 radical (unpaired) electrons. The fourth-order valence-corrected chi connectivity index (χ4v) is 7.30. The van der Waals surface area contributed by atoms with Crippen LogP contribution < -0.4 is 9.47 Å². The molecule has 4 heterocycles. The van der Waals surface area contributed by atoms with Gasteiger partial charge in [0.1, 0.15) is 5.83 Å². The molecule has 2 saturated heterocycles. The van der Waals surface area contributed by atoms with E-state index in [1.54, 1.807) is 0 Å². The summed E-state index contributed by atoms with van der Waals surface area (Å²) < 4.78 is 114. The third kappa shape index (κ3) is 5.46. The molecule has 0 bridgehead atoms. The van der Waals surface area contributed by atoms with E-state index in [4.69, 9.17) is 18.9 Å². The van der Waals surface area contributed by atoms with Crippen LogP contribution >= 0.6 is 22.7 Å². The van der Waals surface area contributed by atoms with Crippen molar-refractivity contribution in [3.05, 3.63) is 32.0 Å². The van der Waals surface area contributed by atoms with Gasteiger partial charge in [-0.05, 0) is 52.4 Å². The van der Waals surface area contributed by atoms with Crippen LogP contribution in [0.15, 0.2) is 0 Å². The van der Waals surface area contributed by atoms with Gasteiger partial charge in [0.2, 0.25) is 0 Å². The molecule has 218 valence electrons. The first kappa shape index (κ1) is 30.2. The van der Waals surface area contributed by atoms with E-state index in [-0.39, 0.29) is 36.6 Å². The Hall–Kier alpha value is -1.76. The largest absolute Gasteiger partial charge is 0.487 e. The van der Waals surface area contributed by atoms with E-state index >= 15 is 13.2 Å². The molecular weight excluding hydrogens is 566 g/mol. The summed E-state index contributed by atoms with van der Waals surface area (Å²) in [5, 5.41) is 0.412. The molecule has 4 nitrogen and oxygen atoms in total. The molecule has 0 spiro atoms. The number of methoxy groups -OCH3 is 2. The van der Waals surface area contributed by atoms with Crippen molar-refractivity contribution in [2.24, 2.45) is 0 Å². The lowest BCUT2D eigenvalue weighted by atomic mass is 9.86. The lowest BCUT2D eigenvalue weighted by Crippen LogP contribution is -2.44. The van der Waals surface area contributed by atoms with Gasteiger partial charge in [0.15, 0.2) is 16.8 Å². The van der Waals surface area contributed by atoms with Gasteiger partial charge in [0.05, 0.1) is 32.0 Å². The van der Waals surface area contributed by atoms with E-state index in [1.807, 2.05) is 0 Å². The van der Waals surface area contributed by atoms with Gasteiger partial charge >= 0.3 is 11.8 Å². The van der Waals surface area contributed by atoms with Gasteiger partial charge in [-0.2, -0.15) is 17.6 Å². The quantitative estimate of drug-likeness (QED) is 0.270. The average Bonchev–Trinajstić information content (AvgIpc) is 3.45. The summed E-state index contributed by atoms with van der Waals surface area (Å²) in [6, 6.07) is 0. The second-order valence-corrected chi connectivity index (χ2v) is 12.1. The molecule has 4 rings (SSSR count). The van der Waals surface area contributed by atoms with Crippen molar-refractivity contribution in [2.75, 3.05) is 34.1 Å². The molecule has 2 aromatic heterocycles. The first-order valence-electron chi connectivity index (χ1n) is 12.8. The maximum atomic E-state index is 16.9. The Morgan fingerprint density at radius 2 is 1.28 bits per heavy atom. The lowest BCUT2D eigenvalue weighted by Gasteiger charge is -2.31. The SMILES string of the molecule is COc1sc(C)c(C(F)=C(c2c(C)sc(OC)c2C2CCCCO2)C(F)(F)C(F)(F)CF)c1C1CCCCO1. The fraction of sp³-hybridized carbons (Fsp3) is 0.630. The zero-order valence-electron chi connectivity index (χ0n) is 22.2. The Morgan fingerprint density at radius 1 is 0.821 bits per heavy atom. The van der Waals surface area contributed by atoms with E-state index in [9.17, 15) is 13.2 Å². The van der Waals surface area contributed by atoms with Gasteiger partial charge in [-0.3, -0.25) is 0 Å². The Labute approximate surface area is 231 Å². The maximum absolute atomic E-state index is 16.9. The van der Waals surface area contributed by atoms with Crippen molar-refractivity contribution in [1.82, 2.24) is 0 Å². The van der Waals surface area contributed by atoms with Crippen molar-refractivity contribution >= 4 is 34.1 Å². The molecule has 0 aromatic carbocycles. The number of hydrogen-bond acceptors (Lipinski definition) is 6. The molecule has 0 aliphatic carbocycles. The van der Waals surface area contributed by atoms with Gasteiger partial charge in [-0.1, -0.05) is 0 Å². The number of aryl methyl sites for hydroxylation is 2. The number of hydrogen-bond donors (Lipinski definition) is 0. The Balaban J connectivity index is 2.08. The Kier molecular flexibility index (Phi) is 9.29. The summed E-state index contributed by atoms with van der Waals surface area (Å²) >= 11 is 1.95. The van der Waals surface area contributed by atoms with Crippen LogP contribution in [-0.4, -0.2) is 46.0 Å². The molecule has 2 fully saturated rings. The number of thiophene rings is 2. The normalized spacial score (nSPS) is 21.6. The van der Waals surface area contributed by atoms with E-state index in [2.05, 4.69) is 0 Å². The number of allylic oxidation sites excluding steroid dienone is 1. The molecule has 12 heteroatoms. The molecule has 0 saturated carbocycles. The minimum Gasteiger partial charge on any atom is -0.487 e. The van der Waals surface area contributed by atoms with E-state index in [1.165, 1.54) is 28.1 Å². The van der Waals surface area contributed by atoms with Crippen molar-refractivity contribution in [2.45, 2.75) is 76.4 Å². The van der Waals surface area contributed by atoms with Crippen LogP contribution in [0.4, 0.5) is 26.3 Å². The predicted molar refractivity (Wildman–Crippen MR) is 140 cm³/mol. The summed E-state index contributed by atoms with van der Waals surface area (Å²) in [5.41, 5.74) is -2.02. The van der Waals surface area contributed by atoms with Crippen molar-refractivity contribution in [3.63, 3.8) is 0 Å². The van der Waals surface area contributed by atoms with E-state index in [0.29, 0.717) is 32.5 Å². The van der Waals surface area contributed by atoms with Gasteiger partial charge < -0.3 is 18.9 Å². The first-order valence-corrected chi connectivity index (χ1v) is 14.4. The Bertz CT molecular complexity index is 1190. The molecule has 2 unspecified atom stereocenters. The van der Waals surface area contributed by atoms with E-state index < -0.39 is 47.7 Å². The molecular formula is C27H32F6O4S2. The summed E-state index contributed by atoms with van der Waals surface area (Å²) in [4.78, 5) is 0.381. The van der Waals surface area contributed by atoms with Crippen LogP contribution in [0.1, 0.15) is 82.7 Å². The molecule has 39 heavy (non-hydrogen) atoms. The van der Waals surface area contributed by atoms with Gasteiger partial charge in [-0.15, -0.1) is 22.7 Å². The van der Waals surface area contributed by atoms with Crippen molar-refractivity contribution in [1.29, 1.82) is 0 Å². The highest BCUT2D eigenvalue weighted by molar-refractivity contribution is 7.14. The lowest BCUT2D eigenvalue weighted by molar-refractivity contribution is -0.180. The first-order chi connectivity index (χ1) is 18.5. The predicted octanol–water partition coefficient (Wildman–Crippen LogP) is 9.00. The number of alkyl halides is 5. The molecule has 2 aliphatic heterocycles. The van der Waals surface area contributed by atoms with Crippen LogP contribution in [0.5, 0.6) is 10.1 Å². The summed E-state index contributed by atoms with van der Waals surface area (Å²) in [7, 11) is 2.68. The molecule has 0 amide bonds. The minimum absolute atomic E-state index is 0.0782. The number of rotatable bonds is 9. The van der Waals surface area contributed by atoms with Crippen LogP contribution in [0.25, 0.3) is 11.4 Å². The van der Waals surface area contributed by atoms with Crippen LogP contribution in [0, 0.1) is 13.8 Å². The third-order valence-electron chi connectivity index (χ3n) is 7.18. The highest BCUT2D eigenvalue weighted by Crippen LogP contribution is 2.57. The minimum atomic E-state index is -5.21. The third-order valence-corrected chi connectivity index (χ3v) is 9.34. The van der Waals surface area contributed by atoms with Crippen LogP contribution in [0.2, 0.25) is 0 Å². The molecule has 2 aromatic rings. The second-order valence-electron chi connectivity index (χ2n) is 9.69. The van der Waals surface area contributed by atoms with E-state index in [0.717, 1.165) is 41.9 Å². The highest BCUT2D eigenvalue weighted by atomic mass is 32.1. The summed E-state index contributed by atoms with van der Waals surface area (Å²) in [6.07, 6.45) is 2.41. The topological polar surface area (TPSA) is 36.9 Å². The highest BCUT2D eigenvalue weighted by Gasteiger charge is 2.61. The monoisotopic (exact) mass is 598 g/mol. The maximum Gasteiger partial charge on any atom is 0.342 e. The van der Waals surface area contributed by atoms with Crippen LogP contribution in [-0.2, 0) is 9.47 Å². The smallest absolute Gasteiger partial charge is 0.342 e. The Morgan fingerprint density at radius 3 is 1.69 bits per heavy atom. The zero-order valence-corrected chi connectivity index (χ0v) is 23.9. The molecule has 2 atom stereocenters. The number of ether oxygens (including phenoxy) is 4. The fourth-order valence-electron chi connectivity index (χ4n) is 5.28. The summed E-state index contributed by atoms with van der Waals surface area (Å²) in [6.45, 7) is 0.962. The van der Waals surface area contributed by atoms with Gasteiger partial charge in [0, 0.05) is 45.2 Å². The van der Waals surface area contributed by atoms with Crippen LogP contribution in [0.3, 0.4) is 0 Å². The molecule has 2 aliphatic rings. The zero-order chi connectivity index (χ0) is 28.5. The standard InChI is InChI=1S/C27H32F6O4S2/c1-14-18(20(24(34-3)38-14)16-9-5-7-11-36-16)22(27(32,33)26(30,31)13-28)23(29)19-15(2)39-25(35-4)21(19)17-10-6-8-12-37-17/h16-17H,5-13H2,1-4H3. The average molecular weight is 599 g/mol. The van der Waals surface area contributed by atoms with Crippen molar-refractivity contribution in [3.8, 4) is 10.1 Å².